The van der Waals surface area contributed by atoms with Gasteiger partial charge in [0.25, 0.3) is 30.4 Å². The van der Waals surface area contributed by atoms with Crippen molar-refractivity contribution in [3.63, 3.8) is 0 Å². The molecular formula is C39H43N2O14S4+. The Labute approximate surface area is 345 Å². The van der Waals surface area contributed by atoms with E-state index in [4.69, 9.17) is 5.26 Å². The molecule has 2 aliphatic heterocycles. The highest BCUT2D eigenvalue weighted by Crippen LogP contribution is 2.52. The Morgan fingerprint density at radius 1 is 0.797 bits per heavy atom. The molecule has 316 valence electrons. The second-order valence-corrected chi connectivity index (χ2v) is 20.2. The number of rotatable bonds is 15. The van der Waals surface area contributed by atoms with E-state index in [1.165, 1.54) is 18.2 Å². The molecule has 0 spiro atoms. The molecule has 0 saturated heterocycles. The molecule has 4 aromatic rings. The molecule has 20 heteroatoms. The van der Waals surface area contributed by atoms with Crippen molar-refractivity contribution in [2.75, 3.05) is 18.0 Å². The number of fused-ring (bicyclic) bond motifs is 6. The molecule has 6 rings (SSSR count). The van der Waals surface area contributed by atoms with Crippen molar-refractivity contribution < 1.29 is 68.0 Å². The van der Waals surface area contributed by atoms with Crippen molar-refractivity contribution in [2.45, 2.75) is 90.7 Å². The first-order valence-electron chi connectivity index (χ1n) is 18.3. The van der Waals surface area contributed by atoms with Crippen molar-refractivity contribution >= 4 is 87.0 Å². The van der Waals surface area contributed by atoms with E-state index >= 15 is 0 Å². The van der Waals surface area contributed by atoms with Crippen LogP contribution in [0.5, 0.6) is 0 Å². The molecule has 0 fully saturated rings. The van der Waals surface area contributed by atoms with Crippen LogP contribution in [0.2, 0.25) is 0 Å². The highest BCUT2D eigenvalue weighted by molar-refractivity contribution is 7.94. The average molecular weight is 892 g/mol. The SMILES string of the molecule is CCN1C(=CC=CC2=[N+](CCCCCC(=O)O)c3ccc4c(S(=O)(=O)O)cc(S(=O)(=O)O)cc4c3C2(C)C)C(C)(C)c2c1ccc1c(S(=O)(=O)O)cc(SOOO)cc21. The van der Waals surface area contributed by atoms with E-state index < -0.39 is 56.9 Å². The van der Waals surface area contributed by atoms with Crippen LogP contribution < -0.4 is 4.90 Å². The monoisotopic (exact) mass is 891 g/mol. The molecule has 59 heavy (non-hydrogen) atoms. The zero-order valence-electron chi connectivity index (χ0n) is 32.5. The minimum Gasteiger partial charge on any atom is -0.481 e. The Morgan fingerprint density at radius 2 is 1.42 bits per heavy atom. The molecular weight excluding hydrogens is 849 g/mol. The van der Waals surface area contributed by atoms with Crippen LogP contribution in [0.15, 0.2) is 92.0 Å². The van der Waals surface area contributed by atoms with Gasteiger partial charge in [-0.1, -0.05) is 31.0 Å². The van der Waals surface area contributed by atoms with Crippen LogP contribution in [0.25, 0.3) is 21.5 Å². The molecule has 16 nitrogen and oxygen atoms in total. The van der Waals surface area contributed by atoms with Gasteiger partial charge >= 0.3 is 5.97 Å². The first kappa shape index (κ1) is 44.3. The summed E-state index contributed by atoms with van der Waals surface area (Å²) in [5, 5.41) is 22.7. The van der Waals surface area contributed by atoms with Gasteiger partial charge in [0.15, 0.2) is 5.71 Å². The van der Waals surface area contributed by atoms with Gasteiger partial charge < -0.3 is 10.0 Å². The zero-order chi connectivity index (χ0) is 43.5. The molecule has 0 unspecified atom stereocenters. The number of allylic oxidation sites excluding steroid dienone is 4. The summed E-state index contributed by atoms with van der Waals surface area (Å²) in [5.74, 6) is -0.911. The third kappa shape index (κ3) is 8.30. The van der Waals surface area contributed by atoms with Gasteiger partial charge in [-0.15, -0.1) is 4.33 Å². The van der Waals surface area contributed by atoms with Gasteiger partial charge in [0, 0.05) is 69.6 Å². The van der Waals surface area contributed by atoms with Gasteiger partial charge in [-0.25, -0.2) is 5.26 Å². The number of carbonyl (C=O) groups is 1. The molecule has 0 bridgehead atoms. The summed E-state index contributed by atoms with van der Waals surface area (Å²) in [5.41, 5.74) is 2.56. The molecule has 0 saturated carbocycles. The maximum Gasteiger partial charge on any atom is 0.303 e. The Hall–Kier alpha value is -4.22. The van der Waals surface area contributed by atoms with Crippen LogP contribution in [0, 0.1) is 0 Å². The fourth-order valence-electron chi connectivity index (χ4n) is 8.49. The molecule has 5 N–H and O–H groups in total. The summed E-state index contributed by atoms with van der Waals surface area (Å²) >= 11 is 0.550. The van der Waals surface area contributed by atoms with E-state index in [1.807, 2.05) is 57.4 Å². The topological polar surface area (TPSA) is 245 Å². The predicted octanol–water partition coefficient (Wildman–Crippen LogP) is 7.44. The van der Waals surface area contributed by atoms with Crippen LogP contribution in [0.3, 0.4) is 0 Å². The van der Waals surface area contributed by atoms with Crippen molar-refractivity contribution in [1.82, 2.24) is 0 Å². The smallest absolute Gasteiger partial charge is 0.303 e. The van der Waals surface area contributed by atoms with Gasteiger partial charge in [0.1, 0.15) is 16.3 Å². The summed E-state index contributed by atoms with van der Waals surface area (Å²) < 4.78 is 112. The van der Waals surface area contributed by atoms with Gasteiger partial charge in [0.2, 0.25) is 5.69 Å². The Kier molecular flexibility index (Phi) is 12.0. The normalized spacial score (nSPS) is 17.2. The van der Waals surface area contributed by atoms with E-state index in [9.17, 15) is 48.8 Å². The Bertz CT molecular complexity index is 2850. The first-order chi connectivity index (χ1) is 27.4. The number of hydrogen-bond acceptors (Lipinski definition) is 12. The highest BCUT2D eigenvalue weighted by atomic mass is 32.2. The van der Waals surface area contributed by atoms with Crippen LogP contribution >= 0.6 is 12.0 Å². The number of carboxylic acid groups (broad SMARTS) is 1. The molecule has 0 aliphatic carbocycles. The lowest BCUT2D eigenvalue weighted by Crippen LogP contribution is -2.28. The molecule has 0 radical (unpaired) electrons. The summed E-state index contributed by atoms with van der Waals surface area (Å²) in [6, 6.07) is 11.3. The maximum atomic E-state index is 12.6. The first-order valence-corrected chi connectivity index (χ1v) is 23.3. The molecule has 2 heterocycles. The molecule has 4 aromatic carbocycles. The highest BCUT2D eigenvalue weighted by Gasteiger charge is 2.46. The van der Waals surface area contributed by atoms with Gasteiger partial charge in [0.05, 0.1) is 22.4 Å². The third-order valence-corrected chi connectivity index (χ3v) is 14.1. The van der Waals surface area contributed by atoms with E-state index in [0.29, 0.717) is 67.1 Å². The van der Waals surface area contributed by atoms with Crippen LogP contribution in [-0.4, -0.2) is 78.6 Å². The lowest BCUT2D eigenvalue weighted by molar-refractivity contribution is -0.438. The third-order valence-electron chi connectivity index (χ3n) is 10.9. The van der Waals surface area contributed by atoms with Gasteiger partial charge in [-0.05, 0) is 92.4 Å². The number of unbranched alkanes of at least 4 members (excludes halogenated alkanes) is 2. The quantitative estimate of drug-likeness (QED) is 0.0194. The number of hydrogen-bond donors (Lipinski definition) is 5. The number of nitrogens with zero attached hydrogens (tertiary/aromatic N) is 2. The van der Waals surface area contributed by atoms with Crippen molar-refractivity contribution in [1.29, 1.82) is 0 Å². The van der Waals surface area contributed by atoms with E-state index in [-0.39, 0.29) is 32.4 Å². The van der Waals surface area contributed by atoms with Gasteiger partial charge in [-0.2, -0.15) is 29.8 Å². The number of benzene rings is 4. The summed E-state index contributed by atoms with van der Waals surface area (Å²) in [4.78, 5) is 11.7. The van der Waals surface area contributed by atoms with E-state index in [1.54, 1.807) is 24.3 Å². The second kappa shape index (κ2) is 16.0. The summed E-state index contributed by atoms with van der Waals surface area (Å²) in [7, 11) is -14.6. The Morgan fingerprint density at radius 3 is 2.02 bits per heavy atom. The van der Waals surface area contributed by atoms with Crippen LogP contribution in [0.1, 0.15) is 71.4 Å². The van der Waals surface area contributed by atoms with Crippen LogP contribution in [-0.2, 0) is 55.4 Å². The second-order valence-electron chi connectivity index (χ2n) is 15.3. The summed E-state index contributed by atoms with van der Waals surface area (Å²) in [6.07, 6.45) is 7.24. The number of aliphatic carboxylic acids is 1. The average Bonchev–Trinajstić information content (AvgIpc) is 3.49. The van der Waals surface area contributed by atoms with Crippen molar-refractivity contribution in [3.8, 4) is 0 Å². The molecule has 0 amide bonds. The lowest BCUT2D eigenvalue weighted by atomic mass is 9.78. The number of likely N-dealkylation sites (N-methyl/N-ethyl adjacent to an activating group) is 1. The van der Waals surface area contributed by atoms with Crippen molar-refractivity contribution in [3.05, 3.63) is 83.6 Å². The largest absolute Gasteiger partial charge is 0.481 e. The van der Waals surface area contributed by atoms with Crippen LogP contribution in [0.4, 0.5) is 11.4 Å². The summed E-state index contributed by atoms with van der Waals surface area (Å²) in [6.45, 7) is 10.6. The number of carboxylic acids is 1. The lowest BCUT2D eigenvalue weighted by Gasteiger charge is -2.26. The minimum absolute atomic E-state index is 0.00288. The van der Waals surface area contributed by atoms with E-state index in [2.05, 4.69) is 14.3 Å². The fourth-order valence-corrected chi connectivity index (χ4v) is 11.1. The molecule has 0 aromatic heterocycles. The Balaban J connectivity index is 1.52. The zero-order valence-corrected chi connectivity index (χ0v) is 35.8. The van der Waals surface area contributed by atoms with Crippen molar-refractivity contribution in [2.24, 2.45) is 0 Å². The minimum atomic E-state index is -4.95. The fraction of sp³-hybridized carbons (Fsp3) is 0.333. The predicted molar refractivity (Wildman–Crippen MR) is 220 cm³/mol. The molecule has 0 atom stereocenters. The van der Waals surface area contributed by atoms with Gasteiger partial charge in [-0.3, -0.25) is 18.5 Å². The van der Waals surface area contributed by atoms with E-state index in [0.717, 1.165) is 22.7 Å². The standard InChI is InChI=1S/C39H42N2O14S4/c1-6-40-29-16-14-25-27(19-23(56-55-54-44)20-31(25)58(48,49)50)36(29)38(2,3)33(40)11-10-12-34-39(4,5)37-28-21-24(57(45,46)47)22-32(59(51,52)53)26(28)15-17-30(37)41(34)18-9-7-8-13-35(42)43/h10-12,14-17,19-22H,6-9,13,18H2,1-5H3,(H4-,42,43,44,45,46,47,48,49,50,51,52,53)/p+1. The maximum absolute atomic E-state index is 12.6. The number of anilines is 1. The molecule has 2 aliphatic rings.